The molecule has 1 heterocycles. The number of hydrogen-bond donors (Lipinski definition) is 0. The van der Waals surface area contributed by atoms with E-state index in [2.05, 4.69) is 12.1 Å². The summed E-state index contributed by atoms with van der Waals surface area (Å²) in [7, 11) is 0. The molecule has 1 amide bonds. The van der Waals surface area contributed by atoms with E-state index in [9.17, 15) is 4.79 Å². The minimum absolute atomic E-state index is 0.142. The van der Waals surface area contributed by atoms with Gasteiger partial charge in [0.05, 0.1) is 4.88 Å². The molecule has 0 saturated carbocycles. The first-order valence-electron chi connectivity index (χ1n) is 6.18. The molecule has 1 aromatic heterocycles. The third-order valence-electron chi connectivity index (χ3n) is 2.91. The molecule has 0 saturated heterocycles. The Kier molecular flexibility index (Phi) is 4.53. The van der Waals surface area contributed by atoms with Crippen LogP contribution in [-0.4, -0.2) is 23.9 Å². The van der Waals surface area contributed by atoms with E-state index >= 15 is 0 Å². The topological polar surface area (TPSA) is 20.3 Å². The van der Waals surface area contributed by atoms with Crippen LogP contribution in [0.1, 0.15) is 22.2 Å². The maximum Gasteiger partial charge on any atom is 0.263 e. The number of benzene rings is 1. The molecule has 94 valence electrons. The molecule has 0 atom stereocenters. The number of hydrogen-bond acceptors (Lipinski definition) is 2. The number of carbonyl (C=O) groups excluding carboxylic acids is 1. The zero-order valence-electron chi connectivity index (χ0n) is 10.5. The molecule has 0 fully saturated rings. The zero-order valence-corrected chi connectivity index (χ0v) is 11.3. The molecule has 1 aromatic carbocycles. The summed E-state index contributed by atoms with van der Waals surface area (Å²) in [6.45, 7) is 3.55. The van der Waals surface area contributed by atoms with Gasteiger partial charge in [0.2, 0.25) is 0 Å². The van der Waals surface area contributed by atoms with Gasteiger partial charge in [0, 0.05) is 13.1 Å². The summed E-state index contributed by atoms with van der Waals surface area (Å²) in [4.78, 5) is 14.9. The van der Waals surface area contributed by atoms with Gasteiger partial charge < -0.3 is 4.90 Å². The number of likely N-dealkylation sites (N-methyl/N-ethyl adjacent to an activating group) is 1. The first-order valence-corrected chi connectivity index (χ1v) is 7.06. The van der Waals surface area contributed by atoms with Crippen LogP contribution in [0.2, 0.25) is 0 Å². The normalized spacial score (nSPS) is 10.3. The third-order valence-corrected chi connectivity index (χ3v) is 3.77. The molecule has 0 N–H and O–H groups in total. The van der Waals surface area contributed by atoms with Gasteiger partial charge in [0.25, 0.3) is 5.91 Å². The van der Waals surface area contributed by atoms with E-state index in [1.54, 1.807) is 0 Å². The van der Waals surface area contributed by atoms with Crippen LogP contribution >= 0.6 is 11.3 Å². The first-order chi connectivity index (χ1) is 8.81. The van der Waals surface area contributed by atoms with Gasteiger partial charge >= 0.3 is 0 Å². The summed E-state index contributed by atoms with van der Waals surface area (Å²) in [6.07, 6.45) is 0.909. The summed E-state index contributed by atoms with van der Waals surface area (Å²) < 4.78 is 0. The Morgan fingerprint density at radius 2 is 1.94 bits per heavy atom. The maximum absolute atomic E-state index is 12.2. The standard InChI is InChI=1S/C15H17NOS/c1-2-16(15(17)14-9-6-12-18-14)11-10-13-7-4-3-5-8-13/h3-9,12H,2,10-11H2,1H3. The SMILES string of the molecule is CCN(CCc1ccccc1)C(=O)c1cccs1. The molecule has 18 heavy (non-hydrogen) atoms. The quantitative estimate of drug-likeness (QED) is 0.805. The highest BCUT2D eigenvalue weighted by Gasteiger charge is 2.14. The average molecular weight is 259 g/mol. The number of carbonyl (C=O) groups is 1. The predicted octanol–water partition coefficient (Wildman–Crippen LogP) is 3.45. The van der Waals surface area contributed by atoms with Gasteiger partial charge in [0.15, 0.2) is 0 Å². The second-order valence-corrected chi connectivity index (χ2v) is 5.05. The Hall–Kier alpha value is -1.61. The largest absolute Gasteiger partial charge is 0.338 e. The molecule has 0 aliphatic heterocycles. The second-order valence-electron chi connectivity index (χ2n) is 4.10. The fraction of sp³-hybridized carbons (Fsp3) is 0.267. The molecule has 3 heteroatoms. The number of thiophene rings is 1. The minimum Gasteiger partial charge on any atom is -0.338 e. The second kappa shape index (κ2) is 6.36. The summed E-state index contributed by atoms with van der Waals surface area (Å²) in [5, 5.41) is 1.94. The minimum atomic E-state index is 0.142. The van der Waals surface area contributed by atoms with Crippen LogP contribution in [0.4, 0.5) is 0 Å². The van der Waals surface area contributed by atoms with Crippen LogP contribution in [0.5, 0.6) is 0 Å². The lowest BCUT2D eigenvalue weighted by molar-refractivity contribution is 0.0771. The Morgan fingerprint density at radius 1 is 1.17 bits per heavy atom. The fourth-order valence-corrected chi connectivity index (χ4v) is 2.56. The number of rotatable bonds is 5. The van der Waals surface area contributed by atoms with Gasteiger partial charge in [-0.05, 0) is 30.4 Å². The first kappa shape index (κ1) is 12.8. The van der Waals surface area contributed by atoms with Gasteiger partial charge in [0.1, 0.15) is 0 Å². The van der Waals surface area contributed by atoms with Crippen LogP contribution in [0, 0.1) is 0 Å². The lowest BCUT2D eigenvalue weighted by Crippen LogP contribution is -2.32. The van der Waals surface area contributed by atoms with Crippen molar-refractivity contribution in [2.24, 2.45) is 0 Å². The molecule has 0 unspecified atom stereocenters. The lowest BCUT2D eigenvalue weighted by Gasteiger charge is -2.20. The predicted molar refractivity (Wildman–Crippen MR) is 76.0 cm³/mol. The number of amides is 1. The molecular weight excluding hydrogens is 242 g/mol. The van der Waals surface area contributed by atoms with Crippen LogP contribution < -0.4 is 0 Å². The average Bonchev–Trinajstić information content (AvgIpc) is 2.94. The highest BCUT2D eigenvalue weighted by atomic mass is 32.1. The van der Waals surface area contributed by atoms with Gasteiger partial charge in [-0.25, -0.2) is 0 Å². The highest BCUT2D eigenvalue weighted by Crippen LogP contribution is 2.12. The van der Waals surface area contributed by atoms with Crippen molar-refractivity contribution in [1.29, 1.82) is 0 Å². The van der Waals surface area contributed by atoms with Gasteiger partial charge in [-0.15, -0.1) is 11.3 Å². The summed E-state index contributed by atoms with van der Waals surface area (Å²) in [5.74, 6) is 0.142. The molecule has 0 bridgehead atoms. The van der Waals surface area contributed by atoms with Crippen molar-refractivity contribution < 1.29 is 4.79 Å². The number of nitrogens with zero attached hydrogens (tertiary/aromatic N) is 1. The van der Waals surface area contributed by atoms with E-state index in [0.717, 1.165) is 24.4 Å². The van der Waals surface area contributed by atoms with Gasteiger partial charge in [-0.1, -0.05) is 36.4 Å². The van der Waals surface area contributed by atoms with Crippen molar-refractivity contribution >= 4 is 17.2 Å². The van der Waals surface area contributed by atoms with Crippen LogP contribution in [0.3, 0.4) is 0 Å². The lowest BCUT2D eigenvalue weighted by atomic mass is 10.1. The van der Waals surface area contributed by atoms with Crippen LogP contribution in [0.15, 0.2) is 47.8 Å². The third kappa shape index (κ3) is 3.20. The van der Waals surface area contributed by atoms with Crippen LogP contribution in [0.25, 0.3) is 0 Å². The van der Waals surface area contributed by atoms with E-state index in [0.29, 0.717) is 0 Å². The van der Waals surface area contributed by atoms with Crippen molar-refractivity contribution in [2.45, 2.75) is 13.3 Å². The summed E-state index contributed by atoms with van der Waals surface area (Å²) >= 11 is 1.51. The van der Waals surface area contributed by atoms with Crippen molar-refractivity contribution in [3.8, 4) is 0 Å². The highest BCUT2D eigenvalue weighted by molar-refractivity contribution is 7.12. The smallest absolute Gasteiger partial charge is 0.263 e. The maximum atomic E-state index is 12.2. The van der Waals surface area contributed by atoms with Crippen LogP contribution in [-0.2, 0) is 6.42 Å². The Labute approximate surface area is 112 Å². The van der Waals surface area contributed by atoms with Crippen molar-refractivity contribution in [3.05, 3.63) is 58.3 Å². The van der Waals surface area contributed by atoms with Gasteiger partial charge in [-0.3, -0.25) is 4.79 Å². The molecule has 0 aliphatic carbocycles. The molecule has 2 nitrogen and oxygen atoms in total. The molecule has 0 spiro atoms. The molecule has 2 rings (SSSR count). The fourth-order valence-electron chi connectivity index (χ4n) is 1.87. The molecule has 2 aromatic rings. The Balaban J connectivity index is 1.96. The zero-order chi connectivity index (χ0) is 12.8. The van der Waals surface area contributed by atoms with Crippen molar-refractivity contribution in [2.75, 3.05) is 13.1 Å². The summed E-state index contributed by atoms with van der Waals surface area (Å²) in [5.41, 5.74) is 1.27. The van der Waals surface area contributed by atoms with Crippen molar-refractivity contribution in [3.63, 3.8) is 0 Å². The van der Waals surface area contributed by atoms with E-state index in [-0.39, 0.29) is 5.91 Å². The van der Waals surface area contributed by atoms with Gasteiger partial charge in [-0.2, -0.15) is 0 Å². The monoisotopic (exact) mass is 259 g/mol. The summed E-state index contributed by atoms with van der Waals surface area (Å²) in [6, 6.07) is 14.1. The molecular formula is C15H17NOS. The van der Waals surface area contributed by atoms with E-state index in [1.807, 2.05) is 47.5 Å². The van der Waals surface area contributed by atoms with E-state index < -0.39 is 0 Å². The van der Waals surface area contributed by atoms with E-state index in [4.69, 9.17) is 0 Å². The van der Waals surface area contributed by atoms with Crippen molar-refractivity contribution in [1.82, 2.24) is 4.90 Å². The Morgan fingerprint density at radius 3 is 2.56 bits per heavy atom. The molecule has 0 aliphatic rings. The Bertz CT molecular complexity index is 478. The van der Waals surface area contributed by atoms with E-state index in [1.165, 1.54) is 16.9 Å². The molecule has 0 radical (unpaired) electrons.